The molecule has 0 atom stereocenters. The first-order chi connectivity index (χ1) is 14.5. The van der Waals surface area contributed by atoms with Crippen LogP contribution in [0.25, 0.3) is 10.9 Å². The summed E-state index contributed by atoms with van der Waals surface area (Å²) in [6, 6.07) is 12.6. The summed E-state index contributed by atoms with van der Waals surface area (Å²) in [5.74, 6) is 0.638. The molecule has 0 spiro atoms. The standard InChI is InChI=1S/C25H29NO4/c1-16-13-18(3-5-21(16)19-9-11-29-12-10-19)15-30-20-4-6-24-22(14-20)17(2)23(26-24)7-8-25(27)28/h3-6,13-14,19,26H,7-12,15H2,1-2H3,(H,27,28). The monoisotopic (exact) mass is 407 g/mol. The maximum absolute atomic E-state index is 10.9. The molecular weight excluding hydrogens is 378 g/mol. The molecule has 0 saturated carbocycles. The number of carboxylic acids is 1. The number of benzene rings is 2. The van der Waals surface area contributed by atoms with E-state index in [0.717, 1.165) is 59.5 Å². The minimum atomic E-state index is -0.782. The fraction of sp³-hybridized carbons (Fsp3) is 0.400. The van der Waals surface area contributed by atoms with E-state index >= 15 is 0 Å². The van der Waals surface area contributed by atoms with E-state index in [9.17, 15) is 4.79 Å². The number of ether oxygens (including phenoxy) is 2. The van der Waals surface area contributed by atoms with Crippen LogP contribution in [-0.4, -0.2) is 29.3 Å². The highest BCUT2D eigenvalue weighted by Crippen LogP contribution is 2.30. The lowest BCUT2D eigenvalue weighted by Crippen LogP contribution is -2.15. The Morgan fingerprint density at radius 1 is 1.17 bits per heavy atom. The zero-order chi connectivity index (χ0) is 21.1. The summed E-state index contributed by atoms with van der Waals surface area (Å²) in [6.07, 6.45) is 2.83. The molecule has 4 rings (SSSR count). The quantitative estimate of drug-likeness (QED) is 0.559. The zero-order valence-electron chi connectivity index (χ0n) is 17.7. The molecule has 2 aromatic carbocycles. The van der Waals surface area contributed by atoms with Crippen molar-refractivity contribution in [2.75, 3.05) is 13.2 Å². The summed E-state index contributed by atoms with van der Waals surface area (Å²) >= 11 is 0. The van der Waals surface area contributed by atoms with Crippen molar-refractivity contribution in [1.82, 2.24) is 4.98 Å². The predicted octanol–water partition coefficient (Wildman–Crippen LogP) is 5.27. The molecule has 158 valence electrons. The first kappa shape index (κ1) is 20.5. The molecule has 1 aliphatic rings. The zero-order valence-corrected chi connectivity index (χ0v) is 17.7. The molecule has 5 heteroatoms. The van der Waals surface area contributed by atoms with Gasteiger partial charge in [-0.2, -0.15) is 0 Å². The number of nitrogens with one attached hydrogen (secondary N) is 1. The SMILES string of the molecule is Cc1cc(COc2ccc3[nH]c(CCC(=O)O)c(C)c3c2)ccc1C1CCOCC1. The van der Waals surface area contributed by atoms with Crippen molar-refractivity contribution in [1.29, 1.82) is 0 Å². The molecule has 0 unspecified atom stereocenters. The van der Waals surface area contributed by atoms with Gasteiger partial charge in [-0.05, 0) is 79.5 Å². The lowest BCUT2D eigenvalue weighted by atomic mass is 9.88. The van der Waals surface area contributed by atoms with Gasteiger partial charge in [0.25, 0.3) is 0 Å². The lowest BCUT2D eigenvalue weighted by molar-refractivity contribution is -0.136. The number of aryl methyl sites for hydroxylation is 3. The van der Waals surface area contributed by atoms with Crippen LogP contribution in [0.3, 0.4) is 0 Å². The van der Waals surface area contributed by atoms with Crippen LogP contribution in [0.1, 0.15) is 53.1 Å². The Labute approximate surface area is 177 Å². The number of fused-ring (bicyclic) bond motifs is 1. The summed E-state index contributed by atoms with van der Waals surface area (Å²) in [5, 5.41) is 10.0. The van der Waals surface area contributed by atoms with Crippen molar-refractivity contribution < 1.29 is 19.4 Å². The normalized spacial score (nSPS) is 14.9. The van der Waals surface area contributed by atoms with Gasteiger partial charge in [0, 0.05) is 29.8 Å². The van der Waals surface area contributed by atoms with Crippen molar-refractivity contribution in [2.24, 2.45) is 0 Å². The van der Waals surface area contributed by atoms with Crippen molar-refractivity contribution in [3.8, 4) is 5.75 Å². The summed E-state index contributed by atoms with van der Waals surface area (Å²) < 4.78 is 11.6. The van der Waals surface area contributed by atoms with E-state index in [1.165, 1.54) is 11.1 Å². The highest BCUT2D eigenvalue weighted by atomic mass is 16.5. The maximum atomic E-state index is 10.9. The number of hydrogen-bond donors (Lipinski definition) is 2. The van der Waals surface area contributed by atoms with E-state index in [2.05, 4.69) is 30.1 Å². The third kappa shape index (κ3) is 4.51. The molecule has 2 heterocycles. The Hall–Kier alpha value is -2.79. The van der Waals surface area contributed by atoms with Crippen LogP contribution in [0, 0.1) is 13.8 Å². The average molecular weight is 408 g/mol. The van der Waals surface area contributed by atoms with Gasteiger partial charge in [-0.3, -0.25) is 4.79 Å². The van der Waals surface area contributed by atoms with Gasteiger partial charge in [-0.15, -0.1) is 0 Å². The largest absolute Gasteiger partial charge is 0.489 e. The predicted molar refractivity (Wildman–Crippen MR) is 117 cm³/mol. The van der Waals surface area contributed by atoms with Crippen LogP contribution in [0.4, 0.5) is 0 Å². The van der Waals surface area contributed by atoms with E-state index in [-0.39, 0.29) is 6.42 Å². The van der Waals surface area contributed by atoms with Gasteiger partial charge in [0.2, 0.25) is 0 Å². The van der Waals surface area contributed by atoms with Crippen LogP contribution >= 0.6 is 0 Å². The summed E-state index contributed by atoms with van der Waals surface area (Å²) in [6.45, 7) is 6.44. The number of aromatic amines is 1. The second-order valence-electron chi connectivity index (χ2n) is 8.20. The van der Waals surface area contributed by atoms with Gasteiger partial charge in [0.15, 0.2) is 0 Å². The van der Waals surface area contributed by atoms with Gasteiger partial charge in [-0.25, -0.2) is 0 Å². The Morgan fingerprint density at radius 3 is 2.70 bits per heavy atom. The van der Waals surface area contributed by atoms with Gasteiger partial charge in [0.1, 0.15) is 12.4 Å². The van der Waals surface area contributed by atoms with Crippen LogP contribution < -0.4 is 4.74 Å². The van der Waals surface area contributed by atoms with E-state index in [1.54, 1.807) is 0 Å². The summed E-state index contributed by atoms with van der Waals surface area (Å²) in [5.41, 5.74) is 6.99. The number of H-pyrrole nitrogens is 1. The molecule has 1 aliphatic heterocycles. The highest BCUT2D eigenvalue weighted by molar-refractivity contribution is 5.86. The first-order valence-corrected chi connectivity index (χ1v) is 10.6. The number of aliphatic carboxylic acids is 1. The molecule has 0 radical (unpaired) electrons. The van der Waals surface area contributed by atoms with Crippen LogP contribution in [0.5, 0.6) is 5.75 Å². The van der Waals surface area contributed by atoms with Gasteiger partial charge >= 0.3 is 5.97 Å². The van der Waals surface area contributed by atoms with Gasteiger partial charge < -0.3 is 19.6 Å². The summed E-state index contributed by atoms with van der Waals surface area (Å²) in [7, 11) is 0. The number of carboxylic acid groups (broad SMARTS) is 1. The molecule has 30 heavy (non-hydrogen) atoms. The van der Waals surface area contributed by atoms with Crippen LogP contribution in [0.15, 0.2) is 36.4 Å². The van der Waals surface area contributed by atoms with Gasteiger partial charge in [0.05, 0.1) is 6.42 Å². The minimum Gasteiger partial charge on any atom is -0.489 e. The van der Waals surface area contributed by atoms with E-state index in [1.807, 2.05) is 25.1 Å². The Morgan fingerprint density at radius 2 is 1.97 bits per heavy atom. The topological polar surface area (TPSA) is 71.6 Å². The molecule has 0 bridgehead atoms. The second kappa shape index (κ2) is 8.92. The molecule has 3 aromatic rings. The Bertz CT molecular complexity index is 1050. The summed E-state index contributed by atoms with van der Waals surface area (Å²) in [4.78, 5) is 14.2. The molecule has 1 aromatic heterocycles. The Balaban J connectivity index is 1.44. The van der Waals surface area contributed by atoms with Crippen molar-refractivity contribution in [2.45, 2.75) is 52.1 Å². The molecule has 5 nitrogen and oxygen atoms in total. The molecule has 0 amide bonds. The lowest BCUT2D eigenvalue weighted by Gasteiger charge is -2.24. The molecule has 1 saturated heterocycles. The maximum Gasteiger partial charge on any atom is 0.303 e. The fourth-order valence-corrected chi connectivity index (χ4v) is 4.39. The average Bonchev–Trinajstić information content (AvgIpc) is 3.06. The number of hydrogen-bond acceptors (Lipinski definition) is 3. The fourth-order valence-electron chi connectivity index (χ4n) is 4.39. The smallest absolute Gasteiger partial charge is 0.303 e. The Kier molecular flexibility index (Phi) is 6.09. The number of carbonyl (C=O) groups is 1. The number of aromatic nitrogens is 1. The van der Waals surface area contributed by atoms with E-state index in [0.29, 0.717) is 18.9 Å². The molecular formula is C25H29NO4. The van der Waals surface area contributed by atoms with Crippen molar-refractivity contribution >= 4 is 16.9 Å². The first-order valence-electron chi connectivity index (χ1n) is 10.6. The van der Waals surface area contributed by atoms with Gasteiger partial charge in [-0.1, -0.05) is 18.2 Å². The molecule has 1 fully saturated rings. The van der Waals surface area contributed by atoms with E-state index < -0.39 is 5.97 Å². The highest BCUT2D eigenvalue weighted by Gasteiger charge is 2.17. The third-order valence-electron chi connectivity index (χ3n) is 6.12. The van der Waals surface area contributed by atoms with Crippen LogP contribution in [-0.2, 0) is 22.6 Å². The van der Waals surface area contributed by atoms with E-state index in [4.69, 9.17) is 14.6 Å². The third-order valence-corrected chi connectivity index (χ3v) is 6.12. The second-order valence-corrected chi connectivity index (χ2v) is 8.20. The van der Waals surface area contributed by atoms with Crippen molar-refractivity contribution in [3.63, 3.8) is 0 Å². The number of rotatable bonds is 7. The molecule has 2 N–H and O–H groups in total. The molecule has 0 aliphatic carbocycles. The van der Waals surface area contributed by atoms with Crippen LogP contribution in [0.2, 0.25) is 0 Å². The van der Waals surface area contributed by atoms with Crippen molar-refractivity contribution in [3.05, 3.63) is 64.3 Å². The minimum absolute atomic E-state index is 0.125.